The first kappa shape index (κ1) is 16.9. The van der Waals surface area contributed by atoms with E-state index in [1.165, 1.54) is 0 Å². The summed E-state index contributed by atoms with van der Waals surface area (Å²) in [5.74, 6) is 0. The number of nitrogens with one attached hydrogen (secondary N) is 1. The minimum atomic E-state index is -3.40. The summed E-state index contributed by atoms with van der Waals surface area (Å²) in [5.41, 5.74) is 0.944. The van der Waals surface area contributed by atoms with Crippen LogP contribution in [-0.2, 0) is 10.0 Å². The highest BCUT2D eigenvalue weighted by Crippen LogP contribution is 2.28. The molecule has 1 aliphatic heterocycles. The van der Waals surface area contributed by atoms with E-state index in [0.717, 1.165) is 42.3 Å². The molecule has 0 amide bonds. The van der Waals surface area contributed by atoms with Crippen LogP contribution in [0.4, 0.5) is 0 Å². The molecule has 0 aromatic heterocycles. The Kier molecular flexibility index (Phi) is 5.82. The molecule has 0 aliphatic carbocycles. The fourth-order valence-electron chi connectivity index (χ4n) is 2.80. The molecule has 1 heterocycles. The summed E-state index contributed by atoms with van der Waals surface area (Å²) in [4.78, 5) is 0.402. The van der Waals surface area contributed by atoms with E-state index in [-0.39, 0.29) is 6.04 Å². The minimum absolute atomic E-state index is 0.111. The Hall–Kier alpha value is -0.430. The van der Waals surface area contributed by atoms with E-state index in [0.29, 0.717) is 11.4 Å². The van der Waals surface area contributed by atoms with Gasteiger partial charge in [-0.15, -0.1) is 0 Å². The van der Waals surface area contributed by atoms with Crippen LogP contribution in [0.15, 0.2) is 27.6 Å². The molecule has 1 fully saturated rings. The van der Waals surface area contributed by atoms with E-state index < -0.39 is 10.0 Å². The van der Waals surface area contributed by atoms with Crippen LogP contribution in [0.25, 0.3) is 0 Å². The second-order valence-corrected chi connectivity index (χ2v) is 8.31. The molecule has 0 bridgehead atoms. The lowest BCUT2D eigenvalue weighted by atomic mass is 10.0. The average Bonchev–Trinajstić information content (AvgIpc) is 2.48. The van der Waals surface area contributed by atoms with Crippen molar-refractivity contribution < 1.29 is 8.42 Å². The number of rotatable bonds is 5. The van der Waals surface area contributed by atoms with Gasteiger partial charge in [0.05, 0.1) is 4.90 Å². The van der Waals surface area contributed by atoms with Crippen molar-refractivity contribution in [2.24, 2.45) is 0 Å². The molecule has 6 heteroatoms. The molecule has 0 spiro atoms. The van der Waals surface area contributed by atoms with Crippen molar-refractivity contribution in [3.8, 4) is 0 Å². The first-order valence-electron chi connectivity index (χ1n) is 7.39. The first-order chi connectivity index (χ1) is 9.96. The van der Waals surface area contributed by atoms with Crippen LogP contribution in [0.2, 0.25) is 0 Å². The van der Waals surface area contributed by atoms with Gasteiger partial charge in [-0.2, -0.15) is 4.31 Å². The quantitative estimate of drug-likeness (QED) is 0.861. The van der Waals surface area contributed by atoms with E-state index in [4.69, 9.17) is 0 Å². The van der Waals surface area contributed by atoms with Crippen molar-refractivity contribution in [1.82, 2.24) is 9.62 Å². The van der Waals surface area contributed by atoms with Gasteiger partial charge in [0.15, 0.2) is 0 Å². The van der Waals surface area contributed by atoms with E-state index in [2.05, 4.69) is 21.2 Å². The third-order valence-electron chi connectivity index (χ3n) is 4.04. The fourth-order valence-corrected chi connectivity index (χ4v) is 4.86. The molecule has 1 aromatic carbocycles. The Labute approximate surface area is 136 Å². The molecule has 4 nitrogen and oxygen atoms in total. The highest BCUT2D eigenvalue weighted by Gasteiger charge is 2.33. The van der Waals surface area contributed by atoms with Crippen LogP contribution >= 0.6 is 15.9 Å². The molecule has 118 valence electrons. The van der Waals surface area contributed by atoms with Gasteiger partial charge in [0.1, 0.15) is 0 Å². The molecule has 1 atom stereocenters. The number of hydrogen-bond donors (Lipinski definition) is 1. The lowest BCUT2D eigenvalue weighted by Crippen LogP contribution is -2.44. The Bertz CT molecular complexity index is 589. The monoisotopic (exact) mass is 374 g/mol. The summed E-state index contributed by atoms with van der Waals surface area (Å²) in [6.07, 6.45) is 3.88. The first-order valence-corrected chi connectivity index (χ1v) is 9.62. The maximum absolute atomic E-state index is 12.9. The Morgan fingerprint density at radius 3 is 2.81 bits per heavy atom. The molecule has 1 aromatic rings. The molecule has 21 heavy (non-hydrogen) atoms. The van der Waals surface area contributed by atoms with Gasteiger partial charge in [-0.3, -0.25) is 0 Å². The Morgan fingerprint density at radius 1 is 1.38 bits per heavy atom. The second kappa shape index (κ2) is 7.22. The largest absolute Gasteiger partial charge is 0.320 e. The zero-order chi connectivity index (χ0) is 15.5. The zero-order valence-corrected chi connectivity index (χ0v) is 15.0. The van der Waals surface area contributed by atoms with Gasteiger partial charge in [0, 0.05) is 17.1 Å². The molecule has 0 radical (unpaired) electrons. The van der Waals surface area contributed by atoms with Gasteiger partial charge < -0.3 is 5.32 Å². The summed E-state index contributed by atoms with van der Waals surface area (Å²) < 4.78 is 28.5. The molecule has 1 N–H and O–H groups in total. The van der Waals surface area contributed by atoms with Crippen LogP contribution in [-0.4, -0.2) is 38.9 Å². The van der Waals surface area contributed by atoms with E-state index in [1.807, 2.05) is 20.0 Å². The zero-order valence-electron chi connectivity index (χ0n) is 12.6. The maximum Gasteiger partial charge on any atom is 0.243 e. The second-order valence-electron chi connectivity index (χ2n) is 5.57. The summed E-state index contributed by atoms with van der Waals surface area (Å²) >= 11 is 3.42. The van der Waals surface area contributed by atoms with Crippen molar-refractivity contribution >= 4 is 26.0 Å². The number of hydrogen-bond acceptors (Lipinski definition) is 3. The number of benzene rings is 1. The molecule has 2 rings (SSSR count). The molecule has 1 aliphatic rings. The smallest absolute Gasteiger partial charge is 0.243 e. The van der Waals surface area contributed by atoms with Crippen molar-refractivity contribution in [3.63, 3.8) is 0 Å². The van der Waals surface area contributed by atoms with Crippen LogP contribution in [0, 0.1) is 6.92 Å². The number of piperidine rings is 1. The van der Waals surface area contributed by atoms with Gasteiger partial charge in [0.2, 0.25) is 10.0 Å². The van der Waals surface area contributed by atoms with E-state index in [1.54, 1.807) is 16.4 Å². The third kappa shape index (κ3) is 3.86. The summed E-state index contributed by atoms with van der Waals surface area (Å²) in [6, 6.07) is 5.37. The van der Waals surface area contributed by atoms with Gasteiger partial charge in [-0.25, -0.2) is 8.42 Å². The predicted molar refractivity (Wildman–Crippen MR) is 89.0 cm³/mol. The highest BCUT2D eigenvalue weighted by atomic mass is 79.9. The van der Waals surface area contributed by atoms with E-state index >= 15 is 0 Å². The van der Waals surface area contributed by atoms with Gasteiger partial charge in [-0.1, -0.05) is 22.4 Å². The topological polar surface area (TPSA) is 49.4 Å². The minimum Gasteiger partial charge on any atom is -0.320 e. The number of aryl methyl sites for hydroxylation is 1. The van der Waals surface area contributed by atoms with Crippen molar-refractivity contribution in [1.29, 1.82) is 0 Å². The average molecular weight is 375 g/mol. The van der Waals surface area contributed by atoms with E-state index in [9.17, 15) is 8.42 Å². The van der Waals surface area contributed by atoms with Crippen LogP contribution < -0.4 is 5.32 Å². The fraction of sp³-hybridized carbons (Fsp3) is 0.600. The SMILES string of the molecule is CNCCC1CCCCN1S(=O)(=O)c1ccc(Br)c(C)c1. The maximum atomic E-state index is 12.9. The Balaban J connectivity index is 2.28. The lowest BCUT2D eigenvalue weighted by molar-refractivity contribution is 0.240. The molecule has 1 unspecified atom stereocenters. The predicted octanol–water partition coefficient (Wildman–Crippen LogP) is 2.91. The van der Waals surface area contributed by atoms with Gasteiger partial charge >= 0.3 is 0 Å². The van der Waals surface area contributed by atoms with Gasteiger partial charge in [-0.05, 0) is 63.5 Å². The summed E-state index contributed by atoms with van der Waals surface area (Å²) in [5, 5.41) is 3.12. The normalized spacial score (nSPS) is 20.6. The summed E-state index contributed by atoms with van der Waals surface area (Å²) in [6.45, 7) is 3.39. The molecular weight excluding hydrogens is 352 g/mol. The highest BCUT2D eigenvalue weighted by molar-refractivity contribution is 9.10. The van der Waals surface area contributed by atoms with Crippen LogP contribution in [0.1, 0.15) is 31.2 Å². The molecular formula is C15H23BrN2O2S. The number of nitrogens with zero attached hydrogens (tertiary/aromatic N) is 1. The number of sulfonamides is 1. The number of halogens is 1. The molecule has 0 saturated carbocycles. The van der Waals surface area contributed by atoms with Crippen molar-refractivity contribution in [2.75, 3.05) is 20.1 Å². The van der Waals surface area contributed by atoms with Crippen molar-refractivity contribution in [3.05, 3.63) is 28.2 Å². The Morgan fingerprint density at radius 2 is 2.14 bits per heavy atom. The standard InChI is InChI=1S/C15H23BrN2O2S/c1-12-11-14(6-7-15(12)16)21(19,20)18-10-4-3-5-13(18)8-9-17-2/h6-7,11,13,17H,3-5,8-10H2,1-2H3. The summed E-state index contributed by atoms with van der Waals surface area (Å²) in [7, 11) is -1.49. The van der Waals surface area contributed by atoms with Crippen LogP contribution in [0.3, 0.4) is 0 Å². The lowest BCUT2D eigenvalue weighted by Gasteiger charge is -2.34. The third-order valence-corrected chi connectivity index (χ3v) is 6.87. The molecule has 1 saturated heterocycles. The van der Waals surface area contributed by atoms with Crippen LogP contribution in [0.5, 0.6) is 0 Å². The van der Waals surface area contributed by atoms with Gasteiger partial charge in [0.25, 0.3) is 0 Å². The van der Waals surface area contributed by atoms with Crippen molar-refractivity contribution in [2.45, 2.75) is 43.5 Å².